The summed E-state index contributed by atoms with van der Waals surface area (Å²) in [6.45, 7) is 5.98. The molecule has 1 atom stereocenters. The van der Waals surface area contributed by atoms with Crippen molar-refractivity contribution in [3.8, 4) is 5.75 Å². The molecule has 7 nitrogen and oxygen atoms in total. The monoisotopic (exact) mass is 305 g/mol. The minimum absolute atomic E-state index is 0.272. The third-order valence-corrected chi connectivity index (χ3v) is 3.12. The number of aliphatic hydroxyl groups excluding tert-OH is 1. The summed E-state index contributed by atoms with van der Waals surface area (Å²) in [4.78, 5) is 0. The molecule has 1 aromatic heterocycles. The topological polar surface area (TPSA) is 84.2 Å². The average molecular weight is 305 g/mol. The van der Waals surface area contributed by atoms with Crippen molar-refractivity contribution in [1.82, 2.24) is 20.2 Å². The second-order valence-corrected chi connectivity index (χ2v) is 5.02. The van der Waals surface area contributed by atoms with Gasteiger partial charge in [0.2, 0.25) is 0 Å². The molecule has 0 aliphatic heterocycles. The Balaban J connectivity index is 1.56. The molecule has 1 unspecified atom stereocenters. The van der Waals surface area contributed by atoms with Crippen LogP contribution >= 0.6 is 0 Å². The second-order valence-electron chi connectivity index (χ2n) is 5.02. The number of aromatic nitrogens is 3. The van der Waals surface area contributed by atoms with E-state index < -0.39 is 6.10 Å². The normalized spacial score (nSPS) is 12.1. The van der Waals surface area contributed by atoms with Crippen molar-refractivity contribution >= 4 is 0 Å². The van der Waals surface area contributed by atoms with E-state index in [1.54, 1.807) is 0 Å². The fraction of sp³-hybridized carbons (Fsp3) is 0.467. The Morgan fingerprint density at radius 2 is 1.82 bits per heavy atom. The van der Waals surface area contributed by atoms with Gasteiger partial charge in [-0.05, 0) is 26.0 Å². The molecule has 0 aliphatic rings. The third kappa shape index (κ3) is 5.01. The van der Waals surface area contributed by atoms with Gasteiger partial charge in [0, 0.05) is 19.6 Å². The van der Waals surface area contributed by atoms with E-state index in [-0.39, 0.29) is 6.61 Å². The van der Waals surface area contributed by atoms with Crippen molar-refractivity contribution in [2.24, 2.45) is 0 Å². The maximum Gasteiger partial charge on any atom is 0.148 e. The van der Waals surface area contributed by atoms with Gasteiger partial charge in [-0.2, -0.15) is 0 Å². The number of nitrogens with one attached hydrogen (secondary N) is 2. The zero-order chi connectivity index (χ0) is 15.8. The lowest BCUT2D eigenvalue weighted by Crippen LogP contribution is -2.35. The van der Waals surface area contributed by atoms with Crippen molar-refractivity contribution in [2.45, 2.75) is 20.0 Å². The van der Waals surface area contributed by atoms with Gasteiger partial charge in [-0.3, -0.25) is 0 Å². The van der Waals surface area contributed by atoms with Crippen molar-refractivity contribution in [1.29, 1.82) is 0 Å². The average Bonchev–Trinajstić information content (AvgIpc) is 2.85. The highest BCUT2D eigenvalue weighted by Gasteiger charge is 2.05. The lowest BCUT2D eigenvalue weighted by Gasteiger charge is -2.14. The first kappa shape index (κ1) is 16.3. The van der Waals surface area contributed by atoms with Gasteiger partial charge < -0.3 is 20.6 Å². The number of ether oxygens (including phenoxy) is 1. The predicted octanol–water partition coefficient (Wildman–Crippen LogP) is 0.468. The van der Waals surface area contributed by atoms with Crippen molar-refractivity contribution < 1.29 is 9.84 Å². The van der Waals surface area contributed by atoms with Crippen LogP contribution in [0, 0.1) is 13.8 Å². The highest BCUT2D eigenvalue weighted by atomic mass is 16.5. The summed E-state index contributed by atoms with van der Waals surface area (Å²) in [6, 6.07) is 9.47. The van der Waals surface area contributed by atoms with E-state index in [4.69, 9.17) is 4.74 Å². The Hall–Kier alpha value is -2.12. The minimum Gasteiger partial charge on any atom is -0.491 e. The van der Waals surface area contributed by atoms with Crippen LogP contribution in [0.4, 0.5) is 0 Å². The zero-order valence-electron chi connectivity index (χ0n) is 13.0. The lowest BCUT2D eigenvalue weighted by atomic mass is 10.3. The van der Waals surface area contributed by atoms with Gasteiger partial charge in [0.15, 0.2) is 0 Å². The van der Waals surface area contributed by atoms with Gasteiger partial charge in [0.05, 0.1) is 0 Å². The molecule has 22 heavy (non-hydrogen) atoms. The third-order valence-electron chi connectivity index (χ3n) is 3.12. The van der Waals surface area contributed by atoms with E-state index in [1.165, 1.54) is 0 Å². The van der Waals surface area contributed by atoms with Crippen LogP contribution in [-0.4, -0.2) is 52.3 Å². The number of hydrogen-bond acceptors (Lipinski definition) is 6. The summed E-state index contributed by atoms with van der Waals surface area (Å²) in [5.41, 5.74) is 3.21. The molecule has 2 aromatic rings. The molecule has 0 spiro atoms. The maximum absolute atomic E-state index is 9.85. The Morgan fingerprint density at radius 3 is 2.50 bits per heavy atom. The van der Waals surface area contributed by atoms with Gasteiger partial charge in [-0.25, -0.2) is 4.68 Å². The van der Waals surface area contributed by atoms with Gasteiger partial charge in [0.25, 0.3) is 0 Å². The molecule has 0 aliphatic carbocycles. The molecule has 0 bridgehead atoms. The molecular weight excluding hydrogens is 282 g/mol. The molecule has 1 aromatic carbocycles. The zero-order valence-corrected chi connectivity index (χ0v) is 13.0. The summed E-state index contributed by atoms with van der Waals surface area (Å²) < 4.78 is 7.33. The molecule has 3 N–H and O–H groups in total. The maximum atomic E-state index is 9.85. The van der Waals surface area contributed by atoms with E-state index in [1.807, 2.05) is 48.9 Å². The van der Waals surface area contributed by atoms with E-state index in [0.717, 1.165) is 23.9 Å². The number of para-hydroxylation sites is 1. The van der Waals surface area contributed by atoms with Crippen molar-refractivity contribution in [2.75, 3.05) is 31.7 Å². The van der Waals surface area contributed by atoms with Crippen LogP contribution in [-0.2, 0) is 0 Å². The number of benzene rings is 1. The van der Waals surface area contributed by atoms with Crippen molar-refractivity contribution in [3.63, 3.8) is 0 Å². The summed E-state index contributed by atoms with van der Waals surface area (Å²) in [5, 5.41) is 21.0. The number of aryl methyl sites for hydroxylation is 2. The van der Waals surface area contributed by atoms with E-state index >= 15 is 0 Å². The molecule has 7 heteroatoms. The molecule has 120 valence electrons. The van der Waals surface area contributed by atoms with Gasteiger partial charge >= 0.3 is 0 Å². The number of nitrogens with zero attached hydrogens (tertiary/aromatic N) is 3. The van der Waals surface area contributed by atoms with Crippen LogP contribution < -0.4 is 15.5 Å². The quantitative estimate of drug-likeness (QED) is 0.584. The Morgan fingerprint density at radius 1 is 1.14 bits per heavy atom. The van der Waals surface area contributed by atoms with Crippen molar-refractivity contribution in [3.05, 3.63) is 42.0 Å². The summed E-state index contributed by atoms with van der Waals surface area (Å²) in [6.07, 6.45) is -0.543. The van der Waals surface area contributed by atoms with Crippen LogP contribution in [0.2, 0.25) is 0 Å². The lowest BCUT2D eigenvalue weighted by molar-refractivity contribution is 0.107. The molecule has 0 fully saturated rings. The standard InChI is InChI=1S/C15H23N5O2/c1-12-18-19-13(2)20(12)17-9-8-16-10-14(21)11-22-15-6-4-3-5-7-15/h3-7,14,16-17,21H,8-11H2,1-2H3. The Bertz CT molecular complexity index is 539. The molecule has 0 saturated carbocycles. The first-order valence-electron chi connectivity index (χ1n) is 7.36. The fourth-order valence-corrected chi connectivity index (χ4v) is 1.99. The summed E-state index contributed by atoms with van der Waals surface area (Å²) in [5.74, 6) is 2.42. The molecule has 1 heterocycles. The smallest absolute Gasteiger partial charge is 0.148 e. The van der Waals surface area contributed by atoms with E-state index in [2.05, 4.69) is 20.9 Å². The summed E-state index contributed by atoms with van der Waals surface area (Å²) >= 11 is 0. The summed E-state index contributed by atoms with van der Waals surface area (Å²) in [7, 11) is 0. The van der Waals surface area contributed by atoms with Gasteiger partial charge in [0.1, 0.15) is 30.1 Å². The van der Waals surface area contributed by atoms with Crippen LogP contribution in [0.5, 0.6) is 5.75 Å². The number of aliphatic hydroxyl groups is 1. The van der Waals surface area contributed by atoms with Crippen LogP contribution in [0.15, 0.2) is 30.3 Å². The first-order chi connectivity index (χ1) is 10.7. The second kappa shape index (κ2) is 8.35. The van der Waals surface area contributed by atoms with E-state index in [0.29, 0.717) is 13.1 Å². The Kier molecular flexibility index (Phi) is 6.17. The highest BCUT2D eigenvalue weighted by Crippen LogP contribution is 2.08. The largest absolute Gasteiger partial charge is 0.491 e. The highest BCUT2D eigenvalue weighted by molar-refractivity contribution is 5.20. The minimum atomic E-state index is -0.543. The van der Waals surface area contributed by atoms with E-state index in [9.17, 15) is 5.11 Å². The van der Waals surface area contributed by atoms with Crippen LogP contribution in [0.1, 0.15) is 11.6 Å². The fourth-order valence-electron chi connectivity index (χ4n) is 1.99. The number of hydrogen-bond donors (Lipinski definition) is 3. The van der Waals surface area contributed by atoms with Gasteiger partial charge in [-0.15, -0.1) is 10.2 Å². The molecule has 2 rings (SSSR count). The predicted molar refractivity (Wildman–Crippen MR) is 84.5 cm³/mol. The molecule has 0 saturated heterocycles. The molecular formula is C15H23N5O2. The van der Waals surface area contributed by atoms with Crippen LogP contribution in [0.25, 0.3) is 0 Å². The SMILES string of the molecule is Cc1nnc(C)n1NCCNCC(O)COc1ccccc1. The number of rotatable bonds is 9. The first-order valence-corrected chi connectivity index (χ1v) is 7.36. The Labute approximate surface area is 130 Å². The van der Waals surface area contributed by atoms with Crippen LogP contribution in [0.3, 0.4) is 0 Å². The molecule has 0 amide bonds. The van der Waals surface area contributed by atoms with Gasteiger partial charge in [-0.1, -0.05) is 18.2 Å². The molecule has 0 radical (unpaired) electrons.